The van der Waals surface area contributed by atoms with Gasteiger partial charge in [-0.2, -0.15) is 4.98 Å². The summed E-state index contributed by atoms with van der Waals surface area (Å²) < 4.78 is 7.65. The second-order valence-corrected chi connectivity index (χ2v) is 5.51. The fourth-order valence-corrected chi connectivity index (χ4v) is 2.43. The summed E-state index contributed by atoms with van der Waals surface area (Å²) in [5.74, 6) is 6.46. The second-order valence-electron chi connectivity index (χ2n) is 5.51. The van der Waals surface area contributed by atoms with Crippen molar-refractivity contribution in [1.82, 2.24) is 19.3 Å². The number of ether oxygens (including phenoxy) is 1. The molecular weight excluding hydrogens is 268 g/mol. The summed E-state index contributed by atoms with van der Waals surface area (Å²) in [5, 5.41) is 0. The summed E-state index contributed by atoms with van der Waals surface area (Å²) in [6.07, 6.45) is 5.31. The van der Waals surface area contributed by atoms with Gasteiger partial charge in [0.2, 0.25) is 5.65 Å². The first-order valence-electron chi connectivity index (χ1n) is 7.21. The molecule has 2 heterocycles. The first-order valence-corrected chi connectivity index (χ1v) is 7.21. The van der Waals surface area contributed by atoms with E-state index in [0.717, 1.165) is 6.54 Å². The van der Waals surface area contributed by atoms with Crippen LogP contribution >= 0.6 is 0 Å². The van der Waals surface area contributed by atoms with Crippen LogP contribution in [-0.2, 0) is 0 Å². The third-order valence-electron chi connectivity index (χ3n) is 3.41. The van der Waals surface area contributed by atoms with Crippen LogP contribution in [0.1, 0.15) is 27.7 Å². The van der Waals surface area contributed by atoms with Gasteiger partial charge < -0.3 is 10.2 Å². The molecule has 116 valence electrons. The molecule has 0 unspecified atom stereocenters. The molecule has 0 saturated heterocycles. The van der Waals surface area contributed by atoms with Gasteiger partial charge in [-0.05, 0) is 27.7 Å². The van der Waals surface area contributed by atoms with Crippen LogP contribution in [0.3, 0.4) is 0 Å². The zero-order chi connectivity index (χ0) is 15.4. The maximum Gasteiger partial charge on any atom is 0.260 e. The number of imidazole rings is 1. The number of hydrogen-bond donors (Lipinski definition) is 2. The summed E-state index contributed by atoms with van der Waals surface area (Å²) >= 11 is 0. The molecule has 0 amide bonds. The van der Waals surface area contributed by atoms with Crippen molar-refractivity contribution in [3.63, 3.8) is 0 Å². The number of fused-ring (bicyclic) bond motifs is 1. The van der Waals surface area contributed by atoms with Crippen molar-refractivity contribution in [2.75, 3.05) is 18.6 Å². The number of anilines is 1. The van der Waals surface area contributed by atoms with Crippen LogP contribution in [0.2, 0.25) is 0 Å². The molecule has 0 radical (unpaired) electrons. The van der Waals surface area contributed by atoms with E-state index in [9.17, 15) is 0 Å². The van der Waals surface area contributed by atoms with Crippen molar-refractivity contribution < 1.29 is 4.74 Å². The summed E-state index contributed by atoms with van der Waals surface area (Å²) in [5.41, 5.74) is 3.22. The molecule has 2 aromatic rings. The minimum absolute atomic E-state index is 0.477. The number of hydrazine groups is 1. The predicted octanol–water partition coefficient (Wildman–Crippen LogP) is 1.51. The summed E-state index contributed by atoms with van der Waals surface area (Å²) in [4.78, 5) is 10.9. The molecule has 0 spiro atoms. The minimum Gasteiger partial charge on any atom is -0.474 e. The first kappa shape index (κ1) is 15.5. The molecule has 2 rings (SSSR count). The summed E-state index contributed by atoms with van der Waals surface area (Å²) in [7, 11) is 0. The zero-order valence-corrected chi connectivity index (χ0v) is 13.1. The minimum atomic E-state index is 0.477. The van der Waals surface area contributed by atoms with Crippen molar-refractivity contribution in [2.45, 2.75) is 39.8 Å². The van der Waals surface area contributed by atoms with Crippen LogP contribution in [0.15, 0.2) is 18.6 Å². The number of nitrogen functional groups attached to an aromatic ring is 1. The fraction of sp³-hybridized carbons (Fsp3) is 0.571. The lowest BCUT2D eigenvalue weighted by Gasteiger charge is -2.30. The Morgan fingerprint density at radius 2 is 2.05 bits per heavy atom. The summed E-state index contributed by atoms with van der Waals surface area (Å²) in [6.45, 7) is 10.1. The lowest BCUT2D eigenvalue weighted by molar-refractivity contribution is 0.140. The van der Waals surface area contributed by atoms with Gasteiger partial charge in [-0.1, -0.05) is 0 Å². The van der Waals surface area contributed by atoms with Crippen LogP contribution in [-0.4, -0.2) is 44.5 Å². The van der Waals surface area contributed by atoms with Gasteiger partial charge in [0, 0.05) is 31.0 Å². The molecule has 3 N–H and O–H groups in total. The predicted molar refractivity (Wildman–Crippen MR) is 83.3 cm³/mol. The molecule has 0 aliphatic rings. The van der Waals surface area contributed by atoms with Gasteiger partial charge in [0.05, 0.1) is 6.20 Å². The maximum atomic E-state index is 5.82. The number of nitrogens with two attached hydrogens (primary N) is 1. The van der Waals surface area contributed by atoms with Crippen molar-refractivity contribution in [3.8, 4) is 5.88 Å². The van der Waals surface area contributed by atoms with Crippen LogP contribution in [0.25, 0.3) is 5.65 Å². The Labute approximate surface area is 125 Å². The highest BCUT2D eigenvalue weighted by atomic mass is 16.5. The second kappa shape index (κ2) is 6.73. The molecular formula is C14H24N6O. The SMILES string of the molecule is CC(C)N(CCOc1nc(NN)cn2ccnc12)C(C)C. The highest BCUT2D eigenvalue weighted by molar-refractivity contribution is 5.53. The van der Waals surface area contributed by atoms with Crippen LogP contribution in [0.4, 0.5) is 5.82 Å². The molecule has 0 saturated carbocycles. The topological polar surface area (TPSA) is 80.7 Å². The molecule has 0 atom stereocenters. The molecule has 7 heteroatoms. The Hall–Kier alpha value is -1.86. The van der Waals surface area contributed by atoms with Crippen molar-refractivity contribution in [2.24, 2.45) is 5.84 Å². The quantitative estimate of drug-likeness (QED) is 0.595. The van der Waals surface area contributed by atoms with E-state index in [4.69, 9.17) is 10.6 Å². The van der Waals surface area contributed by atoms with Crippen LogP contribution in [0.5, 0.6) is 5.88 Å². The zero-order valence-electron chi connectivity index (χ0n) is 13.1. The molecule has 7 nitrogen and oxygen atoms in total. The maximum absolute atomic E-state index is 5.82. The van der Waals surface area contributed by atoms with Crippen LogP contribution < -0.4 is 16.0 Å². The largest absolute Gasteiger partial charge is 0.474 e. The highest BCUT2D eigenvalue weighted by Gasteiger charge is 2.14. The smallest absolute Gasteiger partial charge is 0.260 e. The van der Waals surface area contributed by atoms with Gasteiger partial charge in [0.15, 0.2) is 5.82 Å². The van der Waals surface area contributed by atoms with Crippen molar-refractivity contribution >= 4 is 11.5 Å². The number of aromatic nitrogens is 3. The van der Waals surface area contributed by atoms with Gasteiger partial charge in [-0.15, -0.1) is 0 Å². The fourth-order valence-electron chi connectivity index (χ4n) is 2.43. The number of nitrogens with zero attached hydrogens (tertiary/aromatic N) is 4. The van der Waals surface area contributed by atoms with E-state index in [0.29, 0.717) is 36.0 Å². The van der Waals surface area contributed by atoms with Crippen molar-refractivity contribution in [1.29, 1.82) is 0 Å². The molecule has 0 fully saturated rings. The number of hydrogen-bond acceptors (Lipinski definition) is 6. The van der Waals surface area contributed by atoms with Gasteiger partial charge >= 0.3 is 0 Å². The lowest BCUT2D eigenvalue weighted by atomic mass is 10.2. The molecule has 21 heavy (non-hydrogen) atoms. The normalized spacial score (nSPS) is 11.8. The average Bonchev–Trinajstić information content (AvgIpc) is 2.90. The highest BCUT2D eigenvalue weighted by Crippen LogP contribution is 2.18. The third-order valence-corrected chi connectivity index (χ3v) is 3.41. The molecule has 0 bridgehead atoms. The van der Waals surface area contributed by atoms with E-state index in [-0.39, 0.29) is 0 Å². The Kier molecular flexibility index (Phi) is 4.98. The Bertz CT molecular complexity index is 572. The van der Waals surface area contributed by atoms with Gasteiger partial charge in [0.1, 0.15) is 6.61 Å². The third kappa shape index (κ3) is 3.62. The van der Waals surface area contributed by atoms with E-state index in [1.54, 1.807) is 12.4 Å². The van der Waals surface area contributed by atoms with E-state index in [2.05, 4.69) is 48.0 Å². The Morgan fingerprint density at radius 3 is 2.67 bits per heavy atom. The monoisotopic (exact) mass is 292 g/mol. The first-order chi connectivity index (χ1) is 10.0. The lowest BCUT2D eigenvalue weighted by Crippen LogP contribution is -2.39. The Balaban J connectivity index is 2.07. The van der Waals surface area contributed by atoms with E-state index in [1.807, 2.05) is 10.6 Å². The average molecular weight is 292 g/mol. The van der Waals surface area contributed by atoms with E-state index in [1.165, 1.54) is 0 Å². The van der Waals surface area contributed by atoms with Gasteiger partial charge in [0.25, 0.3) is 5.88 Å². The summed E-state index contributed by atoms with van der Waals surface area (Å²) in [6, 6.07) is 0.954. The van der Waals surface area contributed by atoms with E-state index < -0.39 is 0 Å². The standard InChI is InChI=1S/C14H24N6O/c1-10(2)20(11(3)4)7-8-21-14-13-16-5-6-19(13)9-12(17-14)18-15/h5-6,9-11,18H,7-8,15H2,1-4H3. The number of rotatable bonds is 7. The molecule has 0 aromatic carbocycles. The van der Waals surface area contributed by atoms with Gasteiger partial charge in [-0.25, -0.2) is 10.8 Å². The Morgan fingerprint density at radius 1 is 1.33 bits per heavy atom. The molecule has 0 aliphatic heterocycles. The van der Waals surface area contributed by atoms with E-state index >= 15 is 0 Å². The van der Waals surface area contributed by atoms with Crippen LogP contribution in [0, 0.1) is 0 Å². The molecule has 2 aromatic heterocycles. The number of nitrogens with one attached hydrogen (secondary N) is 1. The van der Waals surface area contributed by atoms with Gasteiger partial charge in [-0.3, -0.25) is 9.30 Å². The molecule has 0 aliphatic carbocycles. The van der Waals surface area contributed by atoms with Crippen molar-refractivity contribution in [3.05, 3.63) is 18.6 Å².